The van der Waals surface area contributed by atoms with Crippen LogP contribution in [0.15, 0.2) is 42.5 Å². The zero-order chi connectivity index (χ0) is 23.7. The molecule has 2 aromatic rings. The number of carbonyl (C=O) groups excluding carboxylic acids is 3. The molecule has 1 aliphatic carbocycles. The van der Waals surface area contributed by atoms with Gasteiger partial charge in [0.2, 0.25) is 5.91 Å². The Bertz CT molecular complexity index is 1070. The fourth-order valence-electron chi connectivity index (χ4n) is 4.76. The van der Waals surface area contributed by atoms with Crippen molar-refractivity contribution in [2.45, 2.75) is 45.4 Å². The van der Waals surface area contributed by atoms with Crippen molar-refractivity contribution in [3.63, 3.8) is 0 Å². The van der Waals surface area contributed by atoms with Crippen LogP contribution in [0.2, 0.25) is 0 Å². The van der Waals surface area contributed by atoms with Gasteiger partial charge >= 0.3 is 12.1 Å². The Labute approximate surface area is 192 Å². The first-order chi connectivity index (χ1) is 15.8. The van der Waals surface area contributed by atoms with Crippen LogP contribution in [0.5, 0.6) is 5.75 Å². The molecule has 2 aromatic carbocycles. The molecule has 2 aliphatic rings. The van der Waals surface area contributed by atoms with E-state index in [0.29, 0.717) is 17.2 Å². The molecule has 0 bridgehead atoms. The van der Waals surface area contributed by atoms with Crippen molar-refractivity contribution in [2.24, 2.45) is 11.8 Å². The van der Waals surface area contributed by atoms with Crippen molar-refractivity contribution < 1.29 is 29.0 Å². The number of esters is 1. The standard InChI is InChI=1S/C25H28N2O6/c1-14-22(26-25(31)33-13-16-7-5-4-6-8-16)18-11-19(24(30)32-3)21(29)12-20(18)27(15(2)28)23(14)17-9-10-17/h4-8,11-12,14,17,22-23,29H,9-10,13H2,1-3H3,(H,26,31)/t14-,22-,23-/m1/s1. The number of ether oxygens (including phenoxy) is 2. The SMILES string of the molecule is COC(=O)c1cc2c(cc1O)N(C(C)=O)[C@@H](C1CC1)[C@H](C)[C@H]2NC(=O)OCc1ccccc1. The molecule has 1 saturated carbocycles. The lowest BCUT2D eigenvalue weighted by molar-refractivity contribution is -0.117. The summed E-state index contributed by atoms with van der Waals surface area (Å²) in [5, 5.41) is 13.4. The third kappa shape index (κ3) is 4.51. The first kappa shape index (κ1) is 22.6. The van der Waals surface area contributed by atoms with E-state index < -0.39 is 18.1 Å². The van der Waals surface area contributed by atoms with Crippen molar-refractivity contribution in [2.75, 3.05) is 12.0 Å². The lowest BCUT2D eigenvalue weighted by atomic mass is 9.79. The predicted molar refractivity (Wildman–Crippen MR) is 121 cm³/mol. The normalized spacial score (nSPS) is 21.7. The third-order valence-corrected chi connectivity index (χ3v) is 6.44. The molecule has 4 rings (SSSR count). The second-order valence-corrected chi connectivity index (χ2v) is 8.68. The van der Waals surface area contributed by atoms with Crippen LogP contribution in [0.1, 0.15) is 54.2 Å². The molecule has 0 unspecified atom stereocenters. The number of nitrogens with zero attached hydrogens (tertiary/aromatic N) is 1. The summed E-state index contributed by atoms with van der Waals surface area (Å²) in [5.74, 6) is -0.971. The maximum atomic E-state index is 12.7. The zero-order valence-corrected chi connectivity index (χ0v) is 18.9. The van der Waals surface area contributed by atoms with Crippen molar-refractivity contribution in [1.82, 2.24) is 5.32 Å². The number of anilines is 1. The van der Waals surface area contributed by atoms with Gasteiger partial charge in [-0.05, 0) is 36.0 Å². The van der Waals surface area contributed by atoms with Gasteiger partial charge in [-0.2, -0.15) is 0 Å². The molecule has 33 heavy (non-hydrogen) atoms. The number of nitrogens with one attached hydrogen (secondary N) is 1. The minimum absolute atomic E-state index is 0.0266. The predicted octanol–water partition coefficient (Wildman–Crippen LogP) is 3.93. The summed E-state index contributed by atoms with van der Waals surface area (Å²) < 4.78 is 10.2. The van der Waals surface area contributed by atoms with Gasteiger partial charge < -0.3 is 24.8 Å². The molecule has 2 N–H and O–H groups in total. The van der Waals surface area contributed by atoms with Gasteiger partial charge in [0.1, 0.15) is 17.9 Å². The number of alkyl carbamates (subject to hydrolysis) is 1. The first-order valence-electron chi connectivity index (χ1n) is 11.0. The molecule has 0 radical (unpaired) electrons. The van der Waals surface area contributed by atoms with Gasteiger partial charge in [0.05, 0.1) is 18.8 Å². The van der Waals surface area contributed by atoms with Gasteiger partial charge in [-0.15, -0.1) is 0 Å². The molecular formula is C25H28N2O6. The quantitative estimate of drug-likeness (QED) is 0.666. The molecule has 8 heteroatoms. The minimum Gasteiger partial charge on any atom is -0.507 e. The molecular weight excluding hydrogens is 424 g/mol. The van der Waals surface area contributed by atoms with Crippen LogP contribution in [0.3, 0.4) is 0 Å². The molecule has 1 aliphatic heterocycles. The van der Waals surface area contributed by atoms with Gasteiger partial charge in [-0.25, -0.2) is 9.59 Å². The van der Waals surface area contributed by atoms with Crippen LogP contribution in [-0.2, 0) is 20.9 Å². The number of amides is 2. The smallest absolute Gasteiger partial charge is 0.407 e. The summed E-state index contributed by atoms with van der Waals surface area (Å²) in [5.41, 5.74) is 1.88. The van der Waals surface area contributed by atoms with Gasteiger partial charge in [0, 0.05) is 24.9 Å². The Morgan fingerprint density at radius 1 is 1.15 bits per heavy atom. The first-order valence-corrected chi connectivity index (χ1v) is 11.0. The summed E-state index contributed by atoms with van der Waals surface area (Å²) >= 11 is 0. The number of hydrogen-bond donors (Lipinski definition) is 2. The summed E-state index contributed by atoms with van der Waals surface area (Å²) in [7, 11) is 1.23. The van der Waals surface area contributed by atoms with Crippen LogP contribution in [-0.4, -0.2) is 36.2 Å². The molecule has 0 spiro atoms. The summed E-state index contributed by atoms with van der Waals surface area (Å²) in [6.45, 7) is 3.59. The minimum atomic E-state index is -0.702. The van der Waals surface area contributed by atoms with Crippen molar-refractivity contribution in [3.8, 4) is 5.75 Å². The van der Waals surface area contributed by atoms with Crippen molar-refractivity contribution in [3.05, 3.63) is 59.2 Å². The molecule has 2 amide bonds. The Morgan fingerprint density at radius 2 is 1.85 bits per heavy atom. The number of carbonyl (C=O) groups is 3. The molecule has 0 aromatic heterocycles. The summed E-state index contributed by atoms with van der Waals surface area (Å²) in [6.07, 6.45) is 1.39. The Hall–Kier alpha value is -3.55. The zero-order valence-electron chi connectivity index (χ0n) is 18.9. The van der Waals surface area contributed by atoms with E-state index in [-0.39, 0.29) is 35.8 Å². The van der Waals surface area contributed by atoms with Crippen LogP contribution in [0.25, 0.3) is 0 Å². The maximum absolute atomic E-state index is 12.7. The molecule has 3 atom stereocenters. The van der Waals surface area contributed by atoms with Crippen molar-refractivity contribution >= 4 is 23.7 Å². The molecule has 8 nitrogen and oxygen atoms in total. The fraction of sp³-hybridized carbons (Fsp3) is 0.400. The van der Waals surface area contributed by atoms with E-state index in [0.717, 1.165) is 18.4 Å². The Balaban J connectivity index is 1.69. The summed E-state index contributed by atoms with van der Waals surface area (Å²) in [6, 6.07) is 11.6. The van der Waals surface area contributed by atoms with Crippen molar-refractivity contribution in [1.29, 1.82) is 0 Å². The molecule has 0 saturated heterocycles. The second-order valence-electron chi connectivity index (χ2n) is 8.68. The number of benzene rings is 2. The highest BCUT2D eigenvalue weighted by Crippen LogP contribution is 2.50. The Kier molecular flexibility index (Phi) is 6.26. The monoisotopic (exact) mass is 452 g/mol. The highest BCUT2D eigenvalue weighted by Gasteiger charge is 2.48. The van der Waals surface area contributed by atoms with Crippen LogP contribution in [0, 0.1) is 11.8 Å². The van der Waals surface area contributed by atoms with Gasteiger partial charge in [-0.3, -0.25) is 4.79 Å². The molecule has 1 heterocycles. The van der Waals surface area contributed by atoms with Gasteiger partial charge in [0.25, 0.3) is 0 Å². The van der Waals surface area contributed by atoms with Gasteiger partial charge in [0.15, 0.2) is 0 Å². The fourth-order valence-corrected chi connectivity index (χ4v) is 4.76. The average molecular weight is 453 g/mol. The van der Waals surface area contributed by atoms with E-state index in [4.69, 9.17) is 9.47 Å². The molecule has 1 fully saturated rings. The van der Waals surface area contributed by atoms with Crippen LogP contribution in [0.4, 0.5) is 10.5 Å². The summed E-state index contributed by atoms with van der Waals surface area (Å²) in [4.78, 5) is 39.3. The van der Waals surface area contributed by atoms with Crippen LogP contribution < -0.4 is 10.2 Å². The Morgan fingerprint density at radius 3 is 2.45 bits per heavy atom. The maximum Gasteiger partial charge on any atom is 0.407 e. The van der Waals surface area contributed by atoms with E-state index in [1.807, 2.05) is 37.3 Å². The van der Waals surface area contributed by atoms with E-state index in [9.17, 15) is 19.5 Å². The molecule has 174 valence electrons. The number of aromatic hydroxyl groups is 1. The topological polar surface area (TPSA) is 105 Å². The van der Waals surface area contributed by atoms with Crippen LogP contribution >= 0.6 is 0 Å². The number of rotatable bonds is 5. The highest BCUT2D eigenvalue weighted by molar-refractivity contribution is 5.98. The third-order valence-electron chi connectivity index (χ3n) is 6.44. The van der Waals surface area contributed by atoms with Gasteiger partial charge in [-0.1, -0.05) is 37.3 Å². The lowest BCUT2D eigenvalue weighted by Gasteiger charge is -2.45. The second kappa shape index (κ2) is 9.13. The van der Waals surface area contributed by atoms with E-state index >= 15 is 0 Å². The highest BCUT2D eigenvalue weighted by atomic mass is 16.5. The lowest BCUT2D eigenvalue weighted by Crippen LogP contribution is -2.53. The van der Waals surface area contributed by atoms with E-state index in [1.165, 1.54) is 26.2 Å². The number of methoxy groups -OCH3 is 1. The van der Waals surface area contributed by atoms with E-state index in [1.54, 1.807) is 4.90 Å². The average Bonchev–Trinajstić information content (AvgIpc) is 3.64. The number of phenols is 1. The number of phenolic OH excluding ortho intramolecular Hbond substituents is 1. The number of fused-ring (bicyclic) bond motifs is 1. The number of hydrogen-bond acceptors (Lipinski definition) is 6. The largest absolute Gasteiger partial charge is 0.507 e. The van der Waals surface area contributed by atoms with E-state index in [2.05, 4.69) is 5.32 Å².